The van der Waals surface area contributed by atoms with Crippen LogP contribution in [-0.4, -0.2) is 68.3 Å². The minimum absolute atomic E-state index is 0.00814. The van der Waals surface area contributed by atoms with E-state index in [2.05, 4.69) is 15.1 Å². The van der Waals surface area contributed by atoms with Gasteiger partial charge >= 0.3 is 0 Å². The number of hydrogen-bond donors (Lipinski definition) is 0. The van der Waals surface area contributed by atoms with Crippen molar-refractivity contribution in [2.75, 3.05) is 17.3 Å². The largest absolute Gasteiger partial charge is 0.335 e. The van der Waals surface area contributed by atoms with Gasteiger partial charge in [-0.3, -0.25) is 4.79 Å². The summed E-state index contributed by atoms with van der Waals surface area (Å²) in [4.78, 5) is 24.0. The molecule has 1 aromatic carbocycles. The molecule has 2 fully saturated rings. The van der Waals surface area contributed by atoms with E-state index in [0.29, 0.717) is 17.1 Å². The number of aromatic nitrogens is 4. The summed E-state index contributed by atoms with van der Waals surface area (Å²) in [6, 6.07) is 9.69. The van der Waals surface area contributed by atoms with E-state index in [1.165, 1.54) is 18.1 Å². The number of rotatable bonds is 6. The third-order valence-corrected chi connectivity index (χ3v) is 9.01. The quantitative estimate of drug-likeness (QED) is 0.403. The van der Waals surface area contributed by atoms with Crippen LogP contribution in [0.3, 0.4) is 0 Å². The lowest BCUT2D eigenvalue weighted by Gasteiger charge is -2.34. The molecule has 2 aromatic heterocycles. The minimum Gasteiger partial charge on any atom is -0.335 e. The van der Waals surface area contributed by atoms with Gasteiger partial charge < -0.3 is 4.90 Å². The fourth-order valence-electron chi connectivity index (χ4n) is 4.78. The number of hydrogen-bond acceptors (Lipinski definition) is 7. The number of carbonyl (C=O) groups excluding carboxylic acids is 1. The van der Waals surface area contributed by atoms with Crippen LogP contribution in [0.25, 0.3) is 16.7 Å². The molecule has 10 heteroatoms. The van der Waals surface area contributed by atoms with Crippen LogP contribution in [0.1, 0.15) is 32.1 Å². The number of nitrogens with zero attached hydrogens (tertiary/aromatic N) is 5. The zero-order valence-electron chi connectivity index (χ0n) is 17.6. The van der Waals surface area contributed by atoms with Crippen molar-refractivity contribution in [3.63, 3.8) is 0 Å². The van der Waals surface area contributed by atoms with Crippen molar-refractivity contribution in [2.24, 2.45) is 0 Å². The lowest BCUT2D eigenvalue weighted by atomic mass is 10.1. The van der Waals surface area contributed by atoms with Gasteiger partial charge in [-0.05, 0) is 31.4 Å². The molecular formula is C22H25N5O3S2. The lowest BCUT2D eigenvalue weighted by Crippen LogP contribution is -2.47. The molecule has 5 rings (SSSR count). The third kappa shape index (κ3) is 4.25. The highest BCUT2D eigenvalue weighted by molar-refractivity contribution is 8.00. The fourth-order valence-corrected chi connectivity index (χ4v) is 7.32. The van der Waals surface area contributed by atoms with Gasteiger partial charge in [0.15, 0.2) is 15.5 Å². The van der Waals surface area contributed by atoms with Crippen molar-refractivity contribution in [1.29, 1.82) is 0 Å². The predicted molar refractivity (Wildman–Crippen MR) is 124 cm³/mol. The van der Waals surface area contributed by atoms with Gasteiger partial charge in [0.25, 0.3) is 0 Å². The van der Waals surface area contributed by atoms with Crippen LogP contribution in [0.15, 0.2) is 47.9 Å². The average molecular weight is 472 g/mol. The van der Waals surface area contributed by atoms with Crippen LogP contribution in [0.4, 0.5) is 0 Å². The van der Waals surface area contributed by atoms with Crippen molar-refractivity contribution in [3.05, 3.63) is 42.9 Å². The number of benzene rings is 1. The van der Waals surface area contributed by atoms with Crippen molar-refractivity contribution >= 4 is 38.5 Å². The smallest absolute Gasteiger partial charge is 0.233 e. The molecule has 3 aromatic rings. The molecular weight excluding hydrogens is 446 g/mol. The first kappa shape index (κ1) is 21.4. The molecule has 0 bridgehead atoms. The maximum absolute atomic E-state index is 13.3. The highest BCUT2D eigenvalue weighted by atomic mass is 32.2. The molecule has 0 radical (unpaired) electrons. The monoisotopic (exact) mass is 471 g/mol. The van der Waals surface area contributed by atoms with E-state index in [4.69, 9.17) is 0 Å². The summed E-state index contributed by atoms with van der Waals surface area (Å²) >= 11 is 1.37. The molecule has 1 saturated carbocycles. The first-order chi connectivity index (χ1) is 15.5. The molecule has 1 aliphatic carbocycles. The Hall–Kier alpha value is -2.46. The van der Waals surface area contributed by atoms with Gasteiger partial charge in [0.2, 0.25) is 5.91 Å². The number of carbonyl (C=O) groups is 1. The molecule has 8 nitrogen and oxygen atoms in total. The third-order valence-electron chi connectivity index (χ3n) is 6.27. The summed E-state index contributed by atoms with van der Waals surface area (Å²) in [5.41, 5.74) is 1.60. The van der Waals surface area contributed by atoms with Gasteiger partial charge in [0, 0.05) is 12.1 Å². The SMILES string of the molecule is O=C(CSc1ncnc2c1cnn2-c1ccccc1)N(C1CCCC1)[C@H]1CCS(=O)(=O)C1. The number of fused-ring (bicyclic) bond motifs is 1. The second-order valence-electron chi connectivity index (χ2n) is 8.39. The van der Waals surface area contributed by atoms with E-state index < -0.39 is 9.84 Å². The van der Waals surface area contributed by atoms with Crippen LogP contribution >= 0.6 is 11.8 Å². The molecule has 32 heavy (non-hydrogen) atoms. The maximum Gasteiger partial charge on any atom is 0.233 e. The van der Waals surface area contributed by atoms with E-state index in [9.17, 15) is 13.2 Å². The number of amides is 1. The second kappa shape index (κ2) is 8.82. The Balaban J connectivity index is 1.36. The summed E-state index contributed by atoms with van der Waals surface area (Å²) in [7, 11) is -3.06. The predicted octanol–water partition coefficient (Wildman–Crippen LogP) is 2.87. The standard InChI is InChI=1S/C22H25N5O3S2/c28-20(26(16-6-4-5-7-16)18-10-11-32(29,30)14-18)13-31-22-19-12-25-27(21(19)23-15-24-22)17-8-2-1-3-9-17/h1-3,8-9,12,15-16,18H,4-7,10-11,13-14H2/t18-/m0/s1. The van der Waals surface area contributed by atoms with E-state index in [-0.39, 0.29) is 35.2 Å². The fraction of sp³-hybridized carbons (Fsp3) is 0.455. The lowest BCUT2D eigenvalue weighted by molar-refractivity contribution is -0.132. The summed E-state index contributed by atoms with van der Waals surface area (Å²) in [5.74, 6) is 0.468. The summed E-state index contributed by atoms with van der Waals surface area (Å²) < 4.78 is 25.9. The van der Waals surface area contributed by atoms with Gasteiger partial charge in [-0.25, -0.2) is 23.1 Å². The topological polar surface area (TPSA) is 98.1 Å². The summed E-state index contributed by atoms with van der Waals surface area (Å²) in [6.45, 7) is 0. The minimum atomic E-state index is -3.06. The van der Waals surface area contributed by atoms with E-state index in [1.807, 2.05) is 35.2 Å². The summed E-state index contributed by atoms with van der Waals surface area (Å²) in [5, 5.41) is 5.97. The Bertz CT molecular complexity index is 1220. The maximum atomic E-state index is 13.3. The zero-order valence-corrected chi connectivity index (χ0v) is 19.3. The molecule has 1 amide bonds. The molecule has 0 spiro atoms. The Labute approximate surface area is 191 Å². The Morgan fingerprint density at radius 2 is 1.88 bits per heavy atom. The Morgan fingerprint density at radius 1 is 1.09 bits per heavy atom. The van der Waals surface area contributed by atoms with Crippen LogP contribution in [0.2, 0.25) is 0 Å². The molecule has 1 aliphatic heterocycles. The molecule has 168 valence electrons. The van der Waals surface area contributed by atoms with E-state index in [1.54, 1.807) is 10.9 Å². The zero-order chi connectivity index (χ0) is 22.1. The van der Waals surface area contributed by atoms with Gasteiger partial charge in [-0.15, -0.1) is 0 Å². The van der Waals surface area contributed by atoms with Gasteiger partial charge in [-0.2, -0.15) is 5.10 Å². The van der Waals surface area contributed by atoms with Gasteiger partial charge in [0.1, 0.15) is 11.4 Å². The highest BCUT2D eigenvalue weighted by Crippen LogP contribution is 2.31. The second-order valence-corrected chi connectivity index (χ2v) is 11.6. The molecule has 1 saturated heterocycles. The van der Waals surface area contributed by atoms with Gasteiger partial charge in [-0.1, -0.05) is 42.8 Å². The number of thioether (sulfide) groups is 1. The summed E-state index contributed by atoms with van der Waals surface area (Å²) in [6.07, 6.45) is 7.85. The van der Waals surface area contributed by atoms with Gasteiger partial charge in [0.05, 0.1) is 34.5 Å². The van der Waals surface area contributed by atoms with Crippen molar-refractivity contribution in [3.8, 4) is 5.69 Å². The van der Waals surface area contributed by atoms with E-state index >= 15 is 0 Å². The number of sulfone groups is 1. The van der Waals surface area contributed by atoms with Crippen molar-refractivity contribution < 1.29 is 13.2 Å². The van der Waals surface area contributed by atoms with Crippen LogP contribution < -0.4 is 0 Å². The first-order valence-electron chi connectivity index (χ1n) is 10.9. The van der Waals surface area contributed by atoms with Crippen molar-refractivity contribution in [1.82, 2.24) is 24.6 Å². The highest BCUT2D eigenvalue weighted by Gasteiger charge is 2.38. The van der Waals surface area contributed by atoms with Crippen molar-refractivity contribution in [2.45, 2.75) is 49.2 Å². The Kier molecular flexibility index (Phi) is 5.90. The molecule has 1 atom stereocenters. The normalized spacial score (nSPS) is 20.7. The van der Waals surface area contributed by atoms with Crippen LogP contribution in [0.5, 0.6) is 0 Å². The first-order valence-corrected chi connectivity index (χ1v) is 13.7. The van der Waals surface area contributed by atoms with Crippen LogP contribution in [0, 0.1) is 0 Å². The average Bonchev–Trinajstić information content (AvgIpc) is 3.53. The molecule has 2 aliphatic rings. The number of para-hydroxylation sites is 1. The van der Waals surface area contributed by atoms with E-state index in [0.717, 1.165) is 36.8 Å². The molecule has 0 N–H and O–H groups in total. The van der Waals surface area contributed by atoms with Crippen LogP contribution in [-0.2, 0) is 14.6 Å². The Morgan fingerprint density at radius 3 is 2.59 bits per heavy atom. The molecule has 0 unspecified atom stereocenters. The molecule has 3 heterocycles.